The van der Waals surface area contributed by atoms with E-state index < -0.39 is 23.9 Å². The van der Waals surface area contributed by atoms with Crippen LogP contribution in [0.15, 0.2) is 60.8 Å². The second-order valence-electron chi connectivity index (χ2n) is 7.05. The van der Waals surface area contributed by atoms with E-state index in [2.05, 4.69) is 20.0 Å². The number of anilines is 1. The molecule has 0 saturated heterocycles. The summed E-state index contributed by atoms with van der Waals surface area (Å²) in [6.45, 7) is 0. The fourth-order valence-corrected chi connectivity index (χ4v) is 3.32. The molecule has 0 atom stereocenters. The molecule has 0 unspecified atom stereocenters. The number of hydrogen-bond acceptors (Lipinski definition) is 6. The average Bonchev–Trinajstić information content (AvgIpc) is 3.23. The first-order valence-corrected chi connectivity index (χ1v) is 9.81. The number of amides is 1. The highest BCUT2D eigenvalue weighted by molar-refractivity contribution is 6.05. The molecule has 0 aliphatic rings. The lowest BCUT2D eigenvalue weighted by Gasteiger charge is -2.12. The number of pyridine rings is 1. The molecule has 1 N–H and O–H groups in total. The van der Waals surface area contributed by atoms with Gasteiger partial charge in [-0.05, 0) is 42.5 Å². The van der Waals surface area contributed by atoms with Gasteiger partial charge in [-0.2, -0.15) is 13.2 Å². The number of carbonyl (C=O) groups excluding carboxylic acids is 2. The highest BCUT2D eigenvalue weighted by Gasteiger charge is 2.38. The molecule has 11 heteroatoms. The number of halogens is 3. The van der Waals surface area contributed by atoms with Crippen molar-refractivity contribution in [3.05, 3.63) is 77.7 Å². The van der Waals surface area contributed by atoms with E-state index in [1.807, 2.05) is 0 Å². The summed E-state index contributed by atoms with van der Waals surface area (Å²) in [4.78, 5) is 32.0. The van der Waals surface area contributed by atoms with Gasteiger partial charge in [0.15, 0.2) is 0 Å². The Morgan fingerprint density at radius 1 is 1.00 bits per heavy atom. The van der Waals surface area contributed by atoms with E-state index in [-0.39, 0.29) is 33.7 Å². The van der Waals surface area contributed by atoms with Crippen LogP contribution in [0.3, 0.4) is 0 Å². The Morgan fingerprint density at radius 2 is 1.76 bits per heavy atom. The van der Waals surface area contributed by atoms with Gasteiger partial charge < -0.3 is 14.8 Å². The van der Waals surface area contributed by atoms with Gasteiger partial charge in [0, 0.05) is 11.6 Å². The maximum Gasteiger partial charge on any atom is 0.450 e. The predicted octanol–water partition coefficient (Wildman–Crippen LogP) is 4.49. The fraction of sp³-hybridized carbons (Fsp3) is 0.130. The van der Waals surface area contributed by atoms with E-state index in [0.717, 1.165) is 4.57 Å². The number of carbonyl (C=O) groups is 2. The summed E-state index contributed by atoms with van der Waals surface area (Å²) in [5, 5.41) is 2.55. The first-order chi connectivity index (χ1) is 16.2. The fourth-order valence-electron chi connectivity index (χ4n) is 3.32. The summed E-state index contributed by atoms with van der Waals surface area (Å²) in [6.07, 6.45) is -3.52. The molecule has 0 spiro atoms. The van der Waals surface area contributed by atoms with Gasteiger partial charge in [-0.1, -0.05) is 6.07 Å². The molecule has 2 aromatic carbocycles. The Hall–Kier alpha value is -4.41. The summed E-state index contributed by atoms with van der Waals surface area (Å²) < 4.78 is 51.7. The van der Waals surface area contributed by atoms with Crippen molar-refractivity contribution < 1.29 is 32.2 Å². The number of fused-ring (bicyclic) bond motifs is 1. The van der Waals surface area contributed by atoms with Gasteiger partial charge in [0.25, 0.3) is 5.91 Å². The third-order valence-corrected chi connectivity index (χ3v) is 4.91. The zero-order valence-corrected chi connectivity index (χ0v) is 17.9. The number of imidazole rings is 1. The third-order valence-electron chi connectivity index (χ3n) is 4.91. The van der Waals surface area contributed by atoms with E-state index in [1.54, 1.807) is 0 Å². The van der Waals surface area contributed by atoms with Gasteiger partial charge in [0.2, 0.25) is 5.82 Å². The number of nitrogens with zero attached hydrogens (tertiary/aromatic N) is 3. The van der Waals surface area contributed by atoms with Gasteiger partial charge in [-0.3, -0.25) is 9.36 Å². The smallest absolute Gasteiger partial charge is 0.450 e. The number of aromatic nitrogens is 3. The van der Waals surface area contributed by atoms with Crippen LogP contribution in [0.1, 0.15) is 26.5 Å². The third kappa shape index (κ3) is 4.40. The van der Waals surface area contributed by atoms with E-state index >= 15 is 0 Å². The average molecular weight is 470 g/mol. The minimum absolute atomic E-state index is 0.102. The SMILES string of the molecule is COC(=O)c1cccc(C(=O)Nc2ccc(-n3c(C(F)(F)F)nc4cc(OC)ccc43)cn2)c1. The first kappa shape index (κ1) is 22.8. The maximum atomic E-state index is 13.7. The standard InChI is InChI=1S/C23H17F3N4O4/c1-33-16-7-8-18-17(11-16)28-22(23(24,25)26)30(18)15-6-9-19(27-12-15)29-20(31)13-4-3-5-14(10-13)21(32)34-2/h3-12H,1-2H3,(H,27,29,31). The monoisotopic (exact) mass is 470 g/mol. The van der Waals surface area contributed by atoms with E-state index in [0.29, 0.717) is 5.75 Å². The Balaban J connectivity index is 1.64. The highest BCUT2D eigenvalue weighted by Crippen LogP contribution is 2.34. The molecule has 2 heterocycles. The molecule has 1 amide bonds. The summed E-state index contributed by atoms with van der Waals surface area (Å²) in [7, 11) is 2.64. The van der Waals surface area contributed by atoms with Crippen molar-refractivity contribution in [2.24, 2.45) is 0 Å². The van der Waals surface area contributed by atoms with Crippen LogP contribution in [-0.4, -0.2) is 40.6 Å². The lowest BCUT2D eigenvalue weighted by molar-refractivity contribution is -0.145. The van der Waals surface area contributed by atoms with Crippen molar-refractivity contribution >= 4 is 28.7 Å². The molecule has 174 valence electrons. The Kier molecular flexibility index (Phi) is 5.93. The number of ether oxygens (including phenoxy) is 2. The van der Waals surface area contributed by atoms with E-state index in [4.69, 9.17) is 4.74 Å². The first-order valence-electron chi connectivity index (χ1n) is 9.81. The van der Waals surface area contributed by atoms with Gasteiger partial charge in [0.1, 0.15) is 11.6 Å². The van der Waals surface area contributed by atoms with Crippen LogP contribution in [0, 0.1) is 0 Å². The minimum atomic E-state index is -4.72. The number of benzene rings is 2. The molecule has 0 aliphatic carbocycles. The number of rotatable bonds is 5. The summed E-state index contributed by atoms with van der Waals surface area (Å²) in [5.74, 6) is -1.78. The van der Waals surface area contributed by atoms with Crippen LogP contribution >= 0.6 is 0 Å². The predicted molar refractivity (Wildman–Crippen MR) is 116 cm³/mol. The number of methoxy groups -OCH3 is 2. The normalized spacial score (nSPS) is 11.3. The molecule has 0 fully saturated rings. The molecule has 0 aliphatic heterocycles. The topological polar surface area (TPSA) is 95.3 Å². The van der Waals surface area contributed by atoms with Crippen LogP contribution in [0.4, 0.5) is 19.0 Å². The summed E-state index contributed by atoms with van der Waals surface area (Å²) >= 11 is 0. The highest BCUT2D eigenvalue weighted by atomic mass is 19.4. The maximum absolute atomic E-state index is 13.7. The van der Waals surface area contributed by atoms with Crippen molar-refractivity contribution in [3.63, 3.8) is 0 Å². The zero-order valence-electron chi connectivity index (χ0n) is 17.9. The lowest BCUT2D eigenvalue weighted by atomic mass is 10.1. The molecule has 0 bridgehead atoms. The number of alkyl halides is 3. The number of esters is 1. The van der Waals surface area contributed by atoms with E-state index in [9.17, 15) is 22.8 Å². The quantitative estimate of drug-likeness (QED) is 0.432. The second-order valence-corrected chi connectivity index (χ2v) is 7.05. The van der Waals surface area contributed by atoms with Crippen molar-refractivity contribution in [1.29, 1.82) is 0 Å². The Morgan fingerprint density at radius 3 is 2.41 bits per heavy atom. The largest absolute Gasteiger partial charge is 0.497 e. The molecule has 0 radical (unpaired) electrons. The molecule has 4 aromatic rings. The zero-order chi connectivity index (χ0) is 24.5. The van der Waals surface area contributed by atoms with Crippen LogP contribution in [0.25, 0.3) is 16.7 Å². The Bertz CT molecular complexity index is 1380. The molecule has 2 aromatic heterocycles. The molecular weight excluding hydrogens is 453 g/mol. The summed E-state index contributed by atoms with van der Waals surface area (Å²) in [5.41, 5.74) is 0.802. The summed E-state index contributed by atoms with van der Waals surface area (Å²) in [6, 6.07) is 13.0. The van der Waals surface area contributed by atoms with Gasteiger partial charge in [-0.25, -0.2) is 14.8 Å². The van der Waals surface area contributed by atoms with E-state index in [1.165, 1.54) is 75.0 Å². The van der Waals surface area contributed by atoms with Gasteiger partial charge in [-0.15, -0.1) is 0 Å². The lowest BCUT2D eigenvalue weighted by Crippen LogP contribution is -2.15. The molecule has 4 rings (SSSR count). The van der Waals surface area contributed by atoms with Crippen LogP contribution < -0.4 is 10.1 Å². The van der Waals surface area contributed by atoms with Crippen molar-refractivity contribution in [2.75, 3.05) is 19.5 Å². The molecule has 8 nitrogen and oxygen atoms in total. The van der Waals surface area contributed by atoms with Crippen molar-refractivity contribution in [2.45, 2.75) is 6.18 Å². The van der Waals surface area contributed by atoms with Crippen molar-refractivity contribution in [1.82, 2.24) is 14.5 Å². The Labute approximate surface area is 191 Å². The number of hydrogen-bond donors (Lipinski definition) is 1. The molecular formula is C23H17F3N4O4. The number of nitrogens with one attached hydrogen (secondary N) is 1. The van der Waals surface area contributed by atoms with Gasteiger partial charge in [0.05, 0.1) is 42.7 Å². The molecule has 34 heavy (non-hydrogen) atoms. The van der Waals surface area contributed by atoms with Crippen LogP contribution in [-0.2, 0) is 10.9 Å². The van der Waals surface area contributed by atoms with Crippen LogP contribution in [0.2, 0.25) is 0 Å². The molecule has 0 saturated carbocycles. The van der Waals surface area contributed by atoms with Crippen LogP contribution in [0.5, 0.6) is 5.75 Å². The second kappa shape index (κ2) is 8.85. The minimum Gasteiger partial charge on any atom is -0.497 e. The van der Waals surface area contributed by atoms with Crippen molar-refractivity contribution in [3.8, 4) is 11.4 Å². The van der Waals surface area contributed by atoms with Gasteiger partial charge >= 0.3 is 12.1 Å².